The summed E-state index contributed by atoms with van der Waals surface area (Å²) in [7, 11) is -3.56. The number of benzene rings is 1. The molecule has 0 aromatic heterocycles. The number of hydrogen-bond donors (Lipinski definition) is 2. The molecule has 1 fully saturated rings. The van der Waals surface area contributed by atoms with Crippen LogP contribution in [-0.2, 0) is 14.8 Å². The van der Waals surface area contributed by atoms with Crippen LogP contribution in [0.3, 0.4) is 0 Å². The van der Waals surface area contributed by atoms with Crippen LogP contribution < -0.4 is 15.5 Å². The third-order valence-corrected chi connectivity index (χ3v) is 6.75. The minimum atomic E-state index is -3.56. The number of nitrogens with zero attached hydrogens (tertiary/aromatic N) is 2. The van der Waals surface area contributed by atoms with Gasteiger partial charge in [-0.1, -0.05) is 26.0 Å². The van der Waals surface area contributed by atoms with E-state index < -0.39 is 10.0 Å². The molecule has 0 aliphatic carbocycles. The summed E-state index contributed by atoms with van der Waals surface area (Å²) in [4.78, 5) is 2.42. The summed E-state index contributed by atoms with van der Waals surface area (Å²) in [6, 6.07) is 5.16. The zero-order chi connectivity index (χ0) is 20.7. The van der Waals surface area contributed by atoms with Crippen molar-refractivity contribution in [1.82, 2.24) is 9.62 Å². The summed E-state index contributed by atoms with van der Waals surface area (Å²) in [5, 5.41) is 6.67. The van der Waals surface area contributed by atoms with Crippen LogP contribution in [-0.4, -0.2) is 63.8 Å². The maximum absolute atomic E-state index is 12.9. The van der Waals surface area contributed by atoms with Gasteiger partial charge in [-0.3, -0.25) is 0 Å². The van der Waals surface area contributed by atoms with E-state index in [1.807, 2.05) is 26.8 Å². The quantitative estimate of drug-likeness (QED) is 0.488. The highest BCUT2D eigenvalue weighted by Crippen LogP contribution is 2.31. The van der Waals surface area contributed by atoms with E-state index in [0.29, 0.717) is 43.6 Å². The molecular weight excluding hydrogens is 396 g/mol. The Labute approximate surface area is 173 Å². The third kappa shape index (κ3) is 5.66. The molecule has 28 heavy (non-hydrogen) atoms. The van der Waals surface area contributed by atoms with Crippen LogP contribution in [0.1, 0.15) is 20.8 Å². The van der Waals surface area contributed by atoms with Crippen LogP contribution in [0.4, 0.5) is 11.4 Å². The Kier molecular flexibility index (Phi) is 8.23. The monoisotopic (exact) mass is 426 g/mol. The summed E-state index contributed by atoms with van der Waals surface area (Å²) in [6.45, 7) is 13.6. The number of thiocarbonyl (C=S) groups is 1. The number of sulfonamides is 1. The molecule has 0 radical (unpaired) electrons. The van der Waals surface area contributed by atoms with E-state index in [9.17, 15) is 8.42 Å². The van der Waals surface area contributed by atoms with Gasteiger partial charge in [0.25, 0.3) is 0 Å². The molecule has 1 saturated heterocycles. The Hall–Kier alpha value is -1.68. The van der Waals surface area contributed by atoms with Crippen molar-refractivity contribution in [2.45, 2.75) is 25.7 Å². The highest BCUT2D eigenvalue weighted by Gasteiger charge is 2.24. The van der Waals surface area contributed by atoms with Crippen LogP contribution in [0.2, 0.25) is 0 Å². The Morgan fingerprint density at radius 2 is 1.93 bits per heavy atom. The van der Waals surface area contributed by atoms with Crippen molar-refractivity contribution in [3.05, 3.63) is 30.4 Å². The lowest BCUT2D eigenvalue weighted by Crippen LogP contribution is -2.37. The average molecular weight is 427 g/mol. The van der Waals surface area contributed by atoms with Crippen LogP contribution >= 0.6 is 12.2 Å². The molecule has 0 atom stereocenters. The van der Waals surface area contributed by atoms with Gasteiger partial charge in [-0.25, -0.2) is 8.42 Å². The van der Waals surface area contributed by atoms with E-state index in [-0.39, 0.29) is 4.90 Å². The van der Waals surface area contributed by atoms with Gasteiger partial charge in [0.15, 0.2) is 5.11 Å². The number of hydrogen-bond acceptors (Lipinski definition) is 5. The van der Waals surface area contributed by atoms with Crippen molar-refractivity contribution < 1.29 is 13.2 Å². The summed E-state index contributed by atoms with van der Waals surface area (Å²) in [5.74, 6) is 0. The lowest BCUT2D eigenvalue weighted by atomic mass is 10.2. The zero-order valence-corrected chi connectivity index (χ0v) is 18.5. The predicted octanol–water partition coefficient (Wildman–Crippen LogP) is 2.42. The standard InChI is InChI=1S/C19H30N4O3S2/c1-5-23(6-2)28(24,25)16-7-8-18(22-9-11-26-12-10-22)17(13-16)21-19(27)20-14-15(3)4/h7-8,13H,3,5-6,9-12,14H2,1-2,4H3,(H2,20,21,27). The van der Waals surface area contributed by atoms with Gasteiger partial charge in [0.1, 0.15) is 0 Å². The predicted molar refractivity (Wildman–Crippen MR) is 119 cm³/mol. The number of anilines is 2. The van der Waals surface area contributed by atoms with Gasteiger partial charge in [-0.05, 0) is 37.3 Å². The molecule has 0 amide bonds. The van der Waals surface area contributed by atoms with Gasteiger partial charge in [0, 0.05) is 32.7 Å². The van der Waals surface area contributed by atoms with Crippen molar-refractivity contribution in [3.63, 3.8) is 0 Å². The zero-order valence-electron chi connectivity index (χ0n) is 16.8. The summed E-state index contributed by atoms with van der Waals surface area (Å²) >= 11 is 5.38. The normalized spacial score (nSPS) is 14.8. The van der Waals surface area contributed by atoms with Gasteiger partial charge < -0.3 is 20.3 Å². The van der Waals surface area contributed by atoms with E-state index in [4.69, 9.17) is 17.0 Å². The second-order valence-corrected chi connectivity index (χ2v) is 8.98. The molecule has 9 heteroatoms. The van der Waals surface area contributed by atoms with Gasteiger partial charge in [0.05, 0.1) is 29.5 Å². The van der Waals surface area contributed by atoms with Crippen LogP contribution in [0.5, 0.6) is 0 Å². The number of morpholine rings is 1. The molecule has 0 bridgehead atoms. The fourth-order valence-electron chi connectivity index (χ4n) is 2.97. The smallest absolute Gasteiger partial charge is 0.243 e. The third-order valence-electron chi connectivity index (χ3n) is 4.46. The summed E-state index contributed by atoms with van der Waals surface area (Å²) < 4.78 is 32.8. The largest absolute Gasteiger partial charge is 0.378 e. The highest BCUT2D eigenvalue weighted by atomic mass is 32.2. The topological polar surface area (TPSA) is 73.9 Å². The number of ether oxygens (including phenoxy) is 1. The lowest BCUT2D eigenvalue weighted by molar-refractivity contribution is 0.123. The van der Waals surface area contributed by atoms with Gasteiger partial charge in [-0.15, -0.1) is 0 Å². The molecule has 2 N–H and O–H groups in total. The SMILES string of the molecule is C=C(C)CNC(=S)Nc1cc(S(=O)(=O)N(CC)CC)ccc1N1CCOCC1. The van der Waals surface area contributed by atoms with Crippen molar-refractivity contribution in [1.29, 1.82) is 0 Å². The molecule has 0 saturated carbocycles. The Morgan fingerprint density at radius 1 is 1.29 bits per heavy atom. The first kappa shape index (κ1) is 22.6. The van der Waals surface area contributed by atoms with E-state index in [0.717, 1.165) is 24.4 Å². The molecule has 1 aliphatic rings. The van der Waals surface area contributed by atoms with Crippen molar-refractivity contribution in [3.8, 4) is 0 Å². The van der Waals surface area contributed by atoms with Crippen molar-refractivity contribution >= 4 is 38.7 Å². The summed E-state index contributed by atoms with van der Waals surface area (Å²) in [6.07, 6.45) is 0. The molecule has 156 valence electrons. The minimum Gasteiger partial charge on any atom is -0.378 e. The molecule has 1 aromatic rings. The van der Waals surface area contributed by atoms with Gasteiger partial charge >= 0.3 is 0 Å². The first-order valence-corrected chi connectivity index (χ1v) is 11.3. The first-order chi connectivity index (χ1) is 13.3. The number of nitrogens with one attached hydrogen (secondary N) is 2. The number of rotatable bonds is 8. The molecule has 1 aromatic carbocycles. The molecule has 1 heterocycles. The maximum Gasteiger partial charge on any atom is 0.243 e. The molecule has 7 nitrogen and oxygen atoms in total. The second kappa shape index (κ2) is 10.2. The summed E-state index contributed by atoms with van der Waals surface area (Å²) in [5.41, 5.74) is 2.52. The average Bonchev–Trinajstić information content (AvgIpc) is 2.67. The molecule has 0 spiro atoms. The maximum atomic E-state index is 12.9. The van der Waals surface area contributed by atoms with E-state index in [1.54, 1.807) is 12.1 Å². The van der Waals surface area contributed by atoms with Crippen LogP contribution in [0, 0.1) is 0 Å². The fraction of sp³-hybridized carbons (Fsp3) is 0.526. The van der Waals surface area contributed by atoms with Crippen molar-refractivity contribution in [2.24, 2.45) is 0 Å². The Balaban J connectivity index is 2.38. The molecular formula is C19H30N4O3S2. The van der Waals surface area contributed by atoms with E-state index in [2.05, 4.69) is 22.1 Å². The van der Waals surface area contributed by atoms with E-state index >= 15 is 0 Å². The molecule has 0 unspecified atom stereocenters. The fourth-order valence-corrected chi connectivity index (χ4v) is 4.63. The van der Waals surface area contributed by atoms with Crippen LogP contribution in [0.15, 0.2) is 35.2 Å². The minimum absolute atomic E-state index is 0.249. The van der Waals surface area contributed by atoms with Crippen LogP contribution in [0.25, 0.3) is 0 Å². The molecule has 2 rings (SSSR count). The second-order valence-electron chi connectivity index (χ2n) is 6.63. The molecule has 1 aliphatic heterocycles. The van der Waals surface area contributed by atoms with E-state index in [1.165, 1.54) is 4.31 Å². The Morgan fingerprint density at radius 3 is 2.50 bits per heavy atom. The van der Waals surface area contributed by atoms with Gasteiger partial charge in [0.2, 0.25) is 10.0 Å². The van der Waals surface area contributed by atoms with Gasteiger partial charge in [-0.2, -0.15) is 4.31 Å². The lowest BCUT2D eigenvalue weighted by Gasteiger charge is -2.31. The first-order valence-electron chi connectivity index (χ1n) is 9.45. The highest BCUT2D eigenvalue weighted by molar-refractivity contribution is 7.89. The Bertz CT molecular complexity index is 801. The van der Waals surface area contributed by atoms with Crippen molar-refractivity contribution in [2.75, 3.05) is 56.2 Å².